The molecule has 0 saturated carbocycles. The Morgan fingerprint density at radius 2 is 1.82 bits per heavy atom. The molecule has 0 spiro atoms. The Labute approximate surface area is 270 Å². The minimum Gasteiger partial charge on any atom is -0.316 e. The van der Waals surface area contributed by atoms with Crippen molar-refractivity contribution < 1.29 is 14.0 Å². The number of nitrogens with zero attached hydrogens (tertiary/aromatic N) is 3. The highest BCUT2D eigenvalue weighted by atomic mass is 35.5. The Kier molecular flexibility index (Phi) is 8.74. The zero-order valence-electron chi connectivity index (χ0n) is 25.7. The van der Waals surface area contributed by atoms with Gasteiger partial charge in [-0.1, -0.05) is 35.9 Å². The first-order valence-corrected chi connectivity index (χ1v) is 16.5. The molecule has 1 aliphatic heterocycles. The minimum absolute atomic E-state index is 0.0920. The van der Waals surface area contributed by atoms with Gasteiger partial charge in [-0.3, -0.25) is 24.0 Å². The van der Waals surface area contributed by atoms with E-state index in [-0.39, 0.29) is 34.3 Å². The number of rotatable bonds is 8. The fraction of sp³-hybridized carbons (Fsp3) is 0.382. The van der Waals surface area contributed by atoms with E-state index < -0.39 is 11.7 Å². The van der Waals surface area contributed by atoms with Crippen molar-refractivity contribution in [2.24, 2.45) is 7.05 Å². The molecule has 2 aromatic carbocycles. The molecule has 0 radical (unpaired) electrons. The first kappa shape index (κ1) is 31.3. The largest absolute Gasteiger partial charge is 0.316 e. The minimum atomic E-state index is -0.447. The van der Waals surface area contributed by atoms with Crippen LogP contribution < -0.4 is 16.2 Å². The number of nitrogens with one attached hydrogen (secondary N) is 2. The highest BCUT2D eigenvalue weighted by Gasteiger charge is 2.38. The fourth-order valence-corrected chi connectivity index (χ4v) is 8.18. The lowest BCUT2D eigenvalue weighted by Crippen LogP contribution is -2.46. The van der Waals surface area contributed by atoms with E-state index in [2.05, 4.69) is 22.5 Å². The number of likely N-dealkylation sites (tertiary alicyclic amines) is 1. The number of hydrogen-bond acceptors (Lipinski definition) is 5. The zero-order chi connectivity index (χ0) is 31.9. The molecule has 2 aliphatic rings. The molecule has 3 heterocycles. The Morgan fingerprint density at radius 3 is 2.58 bits per heavy atom. The molecule has 45 heavy (non-hydrogen) atoms. The maximum Gasteiger partial charge on any atom is 0.295 e. The molecule has 1 saturated heterocycles. The molecular formula is C34H37ClFN5O3S. The topological polar surface area (TPSA) is 88.4 Å². The van der Waals surface area contributed by atoms with Crippen LogP contribution in [0.15, 0.2) is 53.3 Å². The molecular weight excluding hydrogens is 613 g/mol. The Morgan fingerprint density at radius 1 is 1.07 bits per heavy atom. The van der Waals surface area contributed by atoms with Gasteiger partial charge in [0.1, 0.15) is 16.5 Å². The number of carbonyl (C=O) groups excluding carboxylic acids is 2. The molecule has 11 heteroatoms. The summed E-state index contributed by atoms with van der Waals surface area (Å²) < 4.78 is 17.4. The molecule has 1 aliphatic carbocycles. The molecule has 0 bridgehead atoms. The van der Waals surface area contributed by atoms with Gasteiger partial charge in [-0.25, -0.2) is 9.07 Å². The van der Waals surface area contributed by atoms with E-state index >= 15 is 0 Å². The van der Waals surface area contributed by atoms with Gasteiger partial charge in [0.2, 0.25) is 5.91 Å². The summed E-state index contributed by atoms with van der Waals surface area (Å²) in [5, 5.41) is 6.58. The van der Waals surface area contributed by atoms with Crippen molar-refractivity contribution in [3.8, 4) is 5.69 Å². The molecule has 2 amide bonds. The summed E-state index contributed by atoms with van der Waals surface area (Å²) in [6, 6.07) is 14.1. The van der Waals surface area contributed by atoms with Crippen molar-refractivity contribution >= 4 is 45.4 Å². The lowest BCUT2D eigenvalue weighted by molar-refractivity contribution is -0.118. The number of halogens is 2. The molecule has 1 atom stereocenters. The van der Waals surface area contributed by atoms with Crippen molar-refractivity contribution in [2.45, 2.75) is 64.3 Å². The van der Waals surface area contributed by atoms with Gasteiger partial charge < -0.3 is 10.6 Å². The highest BCUT2D eigenvalue weighted by Crippen LogP contribution is 2.39. The lowest BCUT2D eigenvalue weighted by atomic mass is 9.90. The van der Waals surface area contributed by atoms with E-state index in [0.717, 1.165) is 61.1 Å². The van der Waals surface area contributed by atoms with Crippen LogP contribution in [0.25, 0.3) is 5.69 Å². The summed E-state index contributed by atoms with van der Waals surface area (Å²) in [4.78, 5) is 44.3. The third-order valence-electron chi connectivity index (χ3n) is 9.25. The smallest absolute Gasteiger partial charge is 0.295 e. The van der Waals surface area contributed by atoms with Crippen molar-refractivity contribution in [1.82, 2.24) is 14.3 Å². The number of benzene rings is 2. The van der Waals surface area contributed by atoms with Crippen LogP contribution in [0.1, 0.15) is 64.7 Å². The molecule has 1 unspecified atom stereocenters. The van der Waals surface area contributed by atoms with E-state index in [1.165, 1.54) is 22.1 Å². The van der Waals surface area contributed by atoms with Crippen LogP contribution in [0.5, 0.6) is 0 Å². The van der Waals surface area contributed by atoms with Crippen LogP contribution in [-0.2, 0) is 31.1 Å². The summed E-state index contributed by atoms with van der Waals surface area (Å²) in [5.41, 5.74) is 3.12. The number of amides is 2. The van der Waals surface area contributed by atoms with E-state index in [9.17, 15) is 18.8 Å². The Hall–Kier alpha value is -3.73. The highest BCUT2D eigenvalue weighted by molar-refractivity contribution is 7.17. The van der Waals surface area contributed by atoms with Crippen LogP contribution in [0.3, 0.4) is 0 Å². The summed E-state index contributed by atoms with van der Waals surface area (Å²) in [5.74, 6) is -1.05. The zero-order valence-corrected chi connectivity index (χ0v) is 27.3. The standard InChI is InChI=1S/C34H37ClFN5O3S/c1-21-30(33(44)41(39(21)3)23-10-5-4-6-11-23)38-31(43)29-24-12-7-8-13-27(24)45-32(29)37-28(42)20-40-17-9-16-34(40,2)19-22-14-15-25(35)26(36)18-22/h4-6,10-11,14-15,18H,7-9,12-13,16-17,19-20H2,1-3H3,(H,37,42)(H,38,43). The maximum absolute atomic E-state index is 14.1. The molecule has 1 fully saturated rings. The number of thiophene rings is 1. The SMILES string of the molecule is Cc1c(NC(=O)c2c(NC(=O)CN3CCCC3(C)Cc3ccc(Cl)c(F)c3)sc3c2CCCC3)c(=O)n(-c2ccccc2)n1C. The van der Waals surface area contributed by atoms with E-state index in [4.69, 9.17) is 11.6 Å². The number of anilines is 2. The predicted octanol–water partition coefficient (Wildman–Crippen LogP) is 6.51. The number of fused-ring (bicyclic) bond motifs is 1. The summed E-state index contributed by atoms with van der Waals surface area (Å²) in [7, 11) is 1.78. The third kappa shape index (κ3) is 6.11. The Balaban J connectivity index is 1.23. The second-order valence-corrected chi connectivity index (χ2v) is 13.8. The van der Waals surface area contributed by atoms with Crippen LogP contribution in [-0.4, -0.2) is 44.7 Å². The van der Waals surface area contributed by atoms with Gasteiger partial charge in [-0.2, -0.15) is 0 Å². The summed E-state index contributed by atoms with van der Waals surface area (Å²) >= 11 is 7.34. The second kappa shape index (κ2) is 12.6. The second-order valence-electron chi connectivity index (χ2n) is 12.3. The third-order valence-corrected chi connectivity index (χ3v) is 10.8. The maximum atomic E-state index is 14.1. The van der Waals surface area contributed by atoms with E-state index in [0.29, 0.717) is 28.4 Å². The number of hydrogen-bond donors (Lipinski definition) is 2. The monoisotopic (exact) mass is 649 g/mol. The Bertz CT molecular complexity index is 1830. The summed E-state index contributed by atoms with van der Waals surface area (Å²) in [6.45, 7) is 4.80. The van der Waals surface area contributed by atoms with Gasteiger partial charge in [0.15, 0.2) is 0 Å². The van der Waals surface area contributed by atoms with Crippen LogP contribution in [0, 0.1) is 12.7 Å². The van der Waals surface area contributed by atoms with Crippen LogP contribution >= 0.6 is 22.9 Å². The van der Waals surface area contributed by atoms with Crippen LogP contribution in [0.2, 0.25) is 5.02 Å². The number of aromatic nitrogens is 2. The quantitative estimate of drug-likeness (QED) is 0.228. The normalized spacial score (nSPS) is 18.2. The van der Waals surface area contributed by atoms with Gasteiger partial charge >= 0.3 is 0 Å². The molecule has 2 N–H and O–H groups in total. The van der Waals surface area contributed by atoms with Crippen molar-refractivity contribution in [1.29, 1.82) is 0 Å². The van der Waals surface area contributed by atoms with Crippen molar-refractivity contribution in [3.05, 3.63) is 97.0 Å². The van der Waals surface area contributed by atoms with Crippen molar-refractivity contribution in [3.63, 3.8) is 0 Å². The number of para-hydroxylation sites is 1. The molecule has 6 rings (SSSR count). The molecule has 236 valence electrons. The van der Waals surface area contributed by atoms with Gasteiger partial charge in [-0.15, -0.1) is 11.3 Å². The number of carbonyl (C=O) groups is 2. The van der Waals surface area contributed by atoms with Gasteiger partial charge in [-0.05, 0) is 101 Å². The first-order valence-electron chi connectivity index (χ1n) is 15.3. The van der Waals surface area contributed by atoms with Gasteiger partial charge in [0.05, 0.1) is 28.5 Å². The first-order chi connectivity index (χ1) is 21.6. The van der Waals surface area contributed by atoms with Gasteiger partial charge in [0.25, 0.3) is 11.5 Å². The lowest BCUT2D eigenvalue weighted by Gasteiger charge is -2.35. The molecule has 4 aromatic rings. The predicted molar refractivity (Wildman–Crippen MR) is 178 cm³/mol. The average Bonchev–Trinajstić information content (AvgIpc) is 3.62. The van der Waals surface area contributed by atoms with E-state index in [1.807, 2.05) is 36.4 Å². The van der Waals surface area contributed by atoms with Gasteiger partial charge in [0, 0.05) is 17.5 Å². The van der Waals surface area contributed by atoms with Crippen LogP contribution in [0.4, 0.5) is 15.1 Å². The molecule has 8 nitrogen and oxygen atoms in total. The summed E-state index contributed by atoms with van der Waals surface area (Å²) in [6.07, 6.45) is 5.98. The molecule has 2 aromatic heterocycles. The van der Waals surface area contributed by atoms with Crippen molar-refractivity contribution in [2.75, 3.05) is 23.7 Å². The van der Waals surface area contributed by atoms with E-state index in [1.54, 1.807) is 24.7 Å². The number of aryl methyl sites for hydroxylation is 1. The fourth-order valence-electron chi connectivity index (χ4n) is 6.76. The average molecular weight is 650 g/mol.